The van der Waals surface area contributed by atoms with Gasteiger partial charge in [-0.25, -0.2) is 4.57 Å². The second kappa shape index (κ2) is 6.98. The molecule has 3 nitrogen and oxygen atoms in total. The topological polar surface area (TPSA) is 26.2 Å². The maximum atomic E-state index is 6.65. The van der Waals surface area contributed by atoms with Gasteiger partial charge in [0.2, 0.25) is 5.69 Å². The zero-order valence-corrected chi connectivity index (χ0v) is 17.8. The third-order valence-corrected chi connectivity index (χ3v) is 6.41. The molecule has 1 aliphatic rings. The van der Waals surface area contributed by atoms with E-state index >= 15 is 0 Å². The summed E-state index contributed by atoms with van der Waals surface area (Å²) >= 11 is 0. The molecule has 5 aromatic rings. The fraction of sp³-hybridized carbons (Fsp3) is 0.179. The average Bonchev–Trinajstić information content (AvgIpc) is 3.18. The van der Waals surface area contributed by atoms with Crippen LogP contribution in [0.2, 0.25) is 0 Å². The minimum Gasteiger partial charge on any atom is -0.493 e. The second-order valence-electron chi connectivity index (χ2n) is 8.39. The molecule has 0 fully saturated rings. The highest BCUT2D eigenvalue weighted by Crippen LogP contribution is 2.41. The largest absolute Gasteiger partial charge is 0.493 e. The SMILES string of the molecule is Cc1ccc2c(oc3c(-c4ccc5c(c4)OCCC5)cccc32)c1-c1cccc[n+]1C. The van der Waals surface area contributed by atoms with Crippen molar-refractivity contribution in [1.29, 1.82) is 0 Å². The molecular formula is C28H24NO2+. The monoisotopic (exact) mass is 406 g/mol. The predicted octanol–water partition coefficient (Wildman–Crippen LogP) is 6.38. The highest BCUT2D eigenvalue weighted by atomic mass is 16.5. The first-order valence-corrected chi connectivity index (χ1v) is 10.9. The first-order valence-electron chi connectivity index (χ1n) is 10.9. The summed E-state index contributed by atoms with van der Waals surface area (Å²) in [6.45, 7) is 2.94. The lowest BCUT2D eigenvalue weighted by molar-refractivity contribution is -0.660. The summed E-state index contributed by atoms with van der Waals surface area (Å²) in [4.78, 5) is 0. The van der Waals surface area contributed by atoms with E-state index in [-0.39, 0.29) is 0 Å². The summed E-state index contributed by atoms with van der Waals surface area (Å²) in [7, 11) is 2.08. The molecule has 0 N–H and O–H groups in total. The minimum atomic E-state index is 0.794. The summed E-state index contributed by atoms with van der Waals surface area (Å²) in [5.41, 5.74) is 8.90. The number of ether oxygens (including phenoxy) is 1. The molecule has 31 heavy (non-hydrogen) atoms. The van der Waals surface area contributed by atoms with Gasteiger partial charge in [-0.3, -0.25) is 0 Å². The Morgan fingerprint density at radius 3 is 2.68 bits per heavy atom. The van der Waals surface area contributed by atoms with Gasteiger partial charge < -0.3 is 9.15 Å². The number of aryl methyl sites for hydroxylation is 3. The van der Waals surface area contributed by atoms with Gasteiger partial charge in [-0.2, -0.15) is 0 Å². The summed E-state index contributed by atoms with van der Waals surface area (Å²) in [5, 5.41) is 2.29. The smallest absolute Gasteiger partial charge is 0.216 e. The molecule has 3 aromatic carbocycles. The third kappa shape index (κ3) is 2.84. The van der Waals surface area contributed by atoms with Crippen LogP contribution in [0.15, 0.2) is 77.3 Å². The van der Waals surface area contributed by atoms with Gasteiger partial charge in [-0.1, -0.05) is 42.5 Å². The van der Waals surface area contributed by atoms with E-state index in [4.69, 9.17) is 9.15 Å². The lowest BCUT2D eigenvalue weighted by Crippen LogP contribution is -2.30. The van der Waals surface area contributed by atoms with E-state index in [0.29, 0.717) is 0 Å². The van der Waals surface area contributed by atoms with Crippen LogP contribution in [-0.2, 0) is 13.5 Å². The number of fused-ring (bicyclic) bond motifs is 4. The number of hydrogen-bond donors (Lipinski definition) is 0. The Hall–Kier alpha value is -3.59. The number of rotatable bonds is 2. The van der Waals surface area contributed by atoms with Gasteiger partial charge in [0.15, 0.2) is 6.20 Å². The maximum Gasteiger partial charge on any atom is 0.216 e. The highest BCUT2D eigenvalue weighted by Gasteiger charge is 2.21. The molecule has 6 rings (SSSR count). The van der Waals surface area contributed by atoms with Crippen LogP contribution in [0, 0.1) is 6.92 Å². The molecule has 0 bridgehead atoms. The van der Waals surface area contributed by atoms with E-state index < -0.39 is 0 Å². The van der Waals surface area contributed by atoms with E-state index in [9.17, 15) is 0 Å². The number of benzene rings is 3. The van der Waals surface area contributed by atoms with Crippen molar-refractivity contribution < 1.29 is 13.7 Å². The molecule has 3 heterocycles. The molecule has 0 radical (unpaired) electrons. The van der Waals surface area contributed by atoms with E-state index in [1.165, 1.54) is 11.1 Å². The van der Waals surface area contributed by atoms with Crippen molar-refractivity contribution in [3.05, 3.63) is 84.1 Å². The van der Waals surface area contributed by atoms with Crippen LogP contribution in [0.4, 0.5) is 0 Å². The van der Waals surface area contributed by atoms with Gasteiger partial charge in [0.25, 0.3) is 0 Å². The fourth-order valence-corrected chi connectivity index (χ4v) is 4.80. The van der Waals surface area contributed by atoms with E-state index in [1.54, 1.807) is 0 Å². The molecule has 0 amide bonds. The van der Waals surface area contributed by atoms with Crippen molar-refractivity contribution >= 4 is 21.9 Å². The summed E-state index contributed by atoms with van der Waals surface area (Å²) in [5.74, 6) is 1.00. The lowest BCUT2D eigenvalue weighted by atomic mass is 9.97. The molecule has 3 heteroatoms. The normalized spacial score (nSPS) is 13.4. The molecule has 0 saturated carbocycles. The van der Waals surface area contributed by atoms with Crippen molar-refractivity contribution in [2.45, 2.75) is 19.8 Å². The van der Waals surface area contributed by atoms with Crippen LogP contribution in [0.3, 0.4) is 0 Å². The number of para-hydroxylation sites is 1. The summed E-state index contributed by atoms with van der Waals surface area (Å²) < 4.78 is 14.7. The first kappa shape index (κ1) is 18.2. The molecule has 2 aromatic heterocycles. The molecular weight excluding hydrogens is 382 g/mol. The van der Waals surface area contributed by atoms with E-state index in [1.807, 2.05) is 6.07 Å². The number of nitrogens with zero attached hydrogens (tertiary/aromatic N) is 1. The molecule has 152 valence electrons. The first-order chi connectivity index (χ1) is 15.2. The second-order valence-corrected chi connectivity index (χ2v) is 8.39. The van der Waals surface area contributed by atoms with Gasteiger partial charge in [-0.05, 0) is 48.6 Å². The molecule has 1 aliphatic heterocycles. The Morgan fingerprint density at radius 1 is 0.871 bits per heavy atom. The van der Waals surface area contributed by atoms with Crippen molar-refractivity contribution in [1.82, 2.24) is 0 Å². The summed E-state index contributed by atoms with van der Waals surface area (Å²) in [6.07, 6.45) is 4.25. The zero-order chi connectivity index (χ0) is 20.9. The summed E-state index contributed by atoms with van der Waals surface area (Å²) in [6, 6.07) is 23.6. The van der Waals surface area contributed by atoms with Crippen molar-refractivity contribution in [2.24, 2.45) is 7.05 Å². The van der Waals surface area contributed by atoms with Gasteiger partial charge in [0.05, 0.1) is 12.2 Å². The average molecular weight is 407 g/mol. The highest BCUT2D eigenvalue weighted by molar-refractivity contribution is 6.13. The van der Waals surface area contributed by atoms with Gasteiger partial charge in [0.1, 0.15) is 24.0 Å². The van der Waals surface area contributed by atoms with Crippen molar-refractivity contribution in [2.75, 3.05) is 6.61 Å². The zero-order valence-electron chi connectivity index (χ0n) is 17.8. The van der Waals surface area contributed by atoms with Gasteiger partial charge >= 0.3 is 0 Å². The molecule has 0 saturated heterocycles. The number of pyridine rings is 1. The number of furan rings is 1. The lowest BCUT2D eigenvalue weighted by Gasteiger charge is -2.18. The third-order valence-electron chi connectivity index (χ3n) is 6.41. The Kier molecular flexibility index (Phi) is 4.10. The van der Waals surface area contributed by atoms with Gasteiger partial charge in [-0.15, -0.1) is 0 Å². The van der Waals surface area contributed by atoms with Crippen LogP contribution in [0.25, 0.3) is 44.3 Å². The van der Waals surface area contributed by atoms with Crippen LogP contribution in [-0.4, -0.2) is 6.61 Å². The number of aromatic nitrogens is 1. The maximum absolute atomic E-state index is 6.65. The molecule has 0 atom stereocenters. The Labute approximate surface area is 181 Å². The Bertz CT molecular complexity index is 1460. The van der Waals surface area contributed by atoms with Crippen molar-refractivity contribution in [3.8, 4) is 28.1 Å². The van der Waals surface area contributed by atoms with Crippen molar-refractivity contribution in [3.63, 3.8) is 0 Å². The molecule has 0 unspecified atom stereocenters. The number of hydrogen-bond acceptors (Lipinski definition) is 2. The van der Waals surface area contributed by atoms with Crippen LogP contribution in [0.1, 0.15) is 17.5 Å². The Balaban J connectivity index is 1.63. The quantitative estimate of drug-likeness (QED) is 0.318. The molecule has 0 spiro atoms. The standard InChI is InChI=1S/C28H24NO2/c1-18-11-14-23-22-9-5-8-21(20-13-12-19-7-6-16-30-25(19)17-20)27(22)31-28(23)26(18)24-10-3-4-15-29(24)2/h3-5,8-15,17H,6-7,16H2,1-2H3/q+1. The minimum absolute atomic E-state index is 0.794. The van der Waals surface area contributed by atoms with E-state index in [2.05, 4.69) is 85.4 Å². The Morgan fingerprint density at radius 2 is 1.77 bits per heavy atom. The molecule has 0 aliphatic carbocycles. The van der Waals surface area contributed by atoms with E-state index in [0.717, 1.165) is 69.5 Å². The van der Waals surface area contributed by atoms with Crippen LogP contribution >= 0.6 is 0 Å². The van der Waals surface area contributed by atoms with Crippen LogP contribution in [0.5, 0.6) is 5.75 Å². The van der Waals surface area contributed by atoms with Crippen LogP contribution < -0.4 is 9.30 Å². The van der Waals surface area contributed by atoms with Gasteiger partial charge in [0, 0.05) is 28.5 Å². The predicted molar refractivity (Wildman–Crippen MR) is 124 cm³/mol. The fourth-order valence-electron chi connectivity index (χ4n) is 4.80.